The Hall–Kier alpha value is -16.1. The monoisotopic (exact) mass is 1880 g/mol. The quantitative estimate of drug-likeness (QED) is 0.0102. The number of aryl methyl sites for hydroxylation is 4. The zero-order valence-electron chi connectivity index (χ0n) is 71.8. The van der Waals surface area contributed by atoms with E-state index in [-0.39, 0.29) is 82.3 Å². The lowest BCUT2D eigenvalue weighted by atomic mass is 10.0. The number of aromatic nitrogens is 6. The summed E-state index contributed by atoms with van der Waals surface area (Å²) >= 11 is 0. The van der Waals surface area contributed by atoms with E-state index in [1.54, 1.807) is 147 Å². The first-order valence-electron chi connectivity index (χ1n) is 40.5. The summed E-state index contributed by atoms with van der Waals surface area (Å²) in [6, 6.07) is 67.4. The highest BCUT2D eigenvalue weighted by molar-refractivity contribution is 7.86. The van der Waals surface area contributed by atoms with E-state index in [2.05, 4.69) is 103 Å². The number of benzene rings is 12. The van der Waals surface area contributed by atoms with Crippen LogP contribution in [0.25, 0.3) is 0 Å². The first-order chi connectivity index (χ1) is 64.3. The largest absolute Gasteiger partial charge is 0.496 e. The second-order valence-electron chi connectivity index (χ2n) is 29.2. The molecule has 0 amide bonds. The molecule has 0 atom stereocenters. The topological polar surface area (TPSA) is 559 Å². The summed E-state index contributed by atoms with van der Waals surface area (Å²) in [6.45, 7) is 9.97. The molecule has 0 saturated heterocycles. The number of anilines is 6. The fraction of sp³-hybridized carbons (Fsp3) is 0.133. The number of nitrogens with zero attached hydrogens (tertiary/aromatic N) is 22. The highest BCUT2D eigenvalue weighted by Gasteiger charge is 2.23. The smallest absolute Gasteiger partial charge is 0.296 e. The second kappa shape index (κ2) is 42.6. The molecule has 2 heterocycles. The van der Waals surface area contributed by atoms with Crippen LogP contribution < -0.4 is 30.7 Å². The summed E-state index contributed by atoms with van der Waals surface area (Å²) in [5.41, 5.74) is 10.6. The van der Waals surface area contributed by atoms with Gasteiger partial charge in [-0.05, 0) is 263 Å². The van der Waals surface area contributed by atoms with Gasteiger partial charge in [-0.3, -0.25) is 18.2 Å². The van der Waals surface area contributed by atoms with Gasteiger partial charge in [-0.2, -0.15) is 125 Å². The molecule has 0 radical (unpaired) electrons. The molecule has 0 aliphatic heterocycles. The SMILES string of the molecule is CCOc1cc(Nc2nc(NCCCNc3nc(Cc4ccc(N=Nc5ccc(N=Nc6ccc(S(=O)(=O)O)cc6)cc5)c(C)c4)nc(Cc4cc(C)c(N=Nc5ccc(N=Nc6ccccc6)cc5S(=O)(=O)O)cc4OC)n3)nc(Nc3ccc(N=Nc4ccc(N=Nc5ccccc5)cc4S(=O)(=O)O)c(C)c3)n2)c(C)cc1N=Nc1ccc(N=Nc2ccc(S(=O)(=O)O)cc2)cc1. The van der Waals surface area contributed by atoms with Crippen LogP contribution >= 0.6 is 0 Å². The molecule has 0 unspecified atom stereocenters. The van der Waals surface area contributed by atoms with Gasteiger partial charge >= 0.3 is 0 Å². The number of hydrogen-bond donors (Lipinski definition) is 8. The number of ether oxygens (including phenoxy) is 2. The fourth-order valence-electron chi connectivity index (χ4n) is 12.6. The van der Waals surface area contributed by atoms with Crippen molar-refractivity contribution in [3.05, 3.63) is 300 Å². The van der Waals surface area contributed by atoms with Crippen LogP contribution in [0, 0.1) is 27.7 Å². The Labute approximate surface area is 767 Å². The van der Waals surface area contributed by atoms with Gasteiger partial charge in [0.1, 0.15) is 50.0 Å². The predicted molar refractivity (Wildman–Crippen MR) is 500 cm³/mol. The Balaban J connectivity index is 0.713. The van der Waals surface area contributed by atoms with Crippen molar-refractivity contribution in [2.24, 2.45) is 81.8 Å². The Morgan fingerprint density at radius 1 is 0.313 bits per heavy atom. The summed E-state index contributed by atoms with van der Waals surface area (Å²) in [7, 11) is -16.9. The maximum Gasteiger partial charge on any atom is 0.296 e. The molecule has 8 N–H and O–H groups in total. The van der Waals surface area contributed by atoms with Gasteiger partial charge in [-0.25, -0.2) is 4.98 Å². The van der Waals surface area contributed by atoms with E-state index in [4.69, 9.17) is 39.4 Å². The number of rotatable bonds is 37. The maximum atomic E-state index is 12.7. The summed E-state index contributed by atoms with van der Waals surface area (Å²) < 4.78 is 148. The van der Waals surface area contributed by atoms with Crippen molar-refractivity contribution >= 4 is 167 Å². The molecule has 0 bridgehead atoms. The highest BCUT2D eigenvalue weighted by atomic mass is 32.2. The lowest BCUT2D eigenvalue weighted by Crippen LogP contribution is -2.15. The third-order valence-corrected chi connectivity index (χ3v) is 22.8. The number of azo groups is 8. The first kappa shape index (κ1) is 94.0. The first-order valence-corrected chi connectivity index (χ1v) is 46.3. The number of nitrogens with one attached hydrogen (secondary N) is 4. The minimum absolute atomic E-state index is 0.0949. The summed E-state index contributed by atoms with van der Waals surface area (Å²) in [5.74, 6) is 2.09. The van der Waals surface area contributed by atoms with E-state index >= 15 is 0 Å². The normalized spacial score (nSPS) is 12.3. The third kappa shape index (κ3) is 26.4. The summed E-state index contributed by atoms with van der Waals surface area (Å²) in [5, 5.41) is 81.9. The van der Waals surface area contributed by atoms with Crippen molar-refractivity contribution in [1.29, 1.82) is 0 Å². The Kier molecular flexibility index (Phi) is 29.9. The van der Waals surface area contributed by atoms with Gasteiger partial charge in [0.2, 0.25) is 23.8 Å². The van der Waals surface area contributed by atoms with Crippen molar-refractivity contribution in [3.8, 4) is 11.5 Å². The number of methoxy groups -OCH3 is 1. The van der Waals surface area contributed by atoms with Crippen LogP contribution in [-0.2, 0) is 53.3 Å². The minimum atomic E-state index is -4.82. The minimum Gasteiger partial charge on any atom is -0.496 e. The van der Waals surface area contributed by atoms with E-state index in [0.29, 0.717) is 138 Å². The molecule has 40 nitrogen and oxygen atoms in total. The lowest BCUT2D eigenvalue weighted by molar-refractivity contribution is 0.341. The van der Waals surface area contributed by atoms with Crippen molar-refractivity contribution in [1.82, 2.24) is 29.9 Å². The van der Waals surface area contributed by atoms with Crippen molar-refractivity contribution in [2.75, 3.05) is 48.1 Å². The van der Waals surface area contributed by atoms with E-state index < -0.39 is 50.3 Å². The zero-order chi connectivity index (χ0) is 94.5. The molecule has 2 aromatic heterocycles. The molecule has 44 heteroatoms. The van der Waals surface area contributed by atoms with Gasteiger partial charge < -0.3 is 30.7 Å². The van der Waals surface area contributed by atoms with Crippen LogP contribution in [0.1, 0.15) is 58.4 Å². The second-order valence-corrected chi connectivity index (χ2v) is 34.9. The van der Waals surface area contributed by atoms with Crippen molar-refractivity contribution in [3.63, 3.8) is 0 Å². The summed E-state index contributed by atoms with van der Waals surface area (Å²) in [6.07, 6.45) is 0.795. The Bertz CT molecular complexity index is 7440. The molecule has 0 aliphatic rings. The zero-order valence-corrected chi connectivity index (χ0v) is 75.1. The average Bonchev–Trinajstić information content (AvgIpc) is 0.800. The molecule has 678 valence electrons. The van der Waals surface area contributed by atoms with Gasteiger partial charge in [0, 0.05) is 55.0 Å². The van der Waals surface area contributed by atoms with Gasteiger partial charge in [0.25, 0.3) is 40.5 Å². The van der Waals surface area contributed by atoms with Gasteiger partial charge in [0.05, 0.1) is 97.4 Å². The summed E-state index contributed by atoms with van der Waals surface area (Å²) in [4.78, 5) is 27.6. The lowest BCUT2D eigenvalue weighted by Gasteiger charge is -2.15. The molecule has 134 heavy (non-hydrogen) atoms. The average molecular weight is 1880 g/mol. The molecule has 14 aromatic rings. The predicted octanol–water partition coefficient (Wildman–Crippen LogP) is 24.6. The molecule has 0 fully saturated rings. The molecular formula is C90H80N26O14S4. The number of hydrogen-bond acceptors (Lipinski definition) is 36. The molecule has 12 aromatic carbocycles. The Morgan fingerprint density at radius 2 is 0.694 bits per heavy atom. The molecule has 0 aliphatic carbocycles. The van der Waals surface area contributed by atoms with Gasteiger partial charge in [-0.15, -0.1) is 15.3 Å². The van der Waals surface area contributed by atoms with Gasteiger partial charge in [-0.1, -0.05) is 48.5 Å². The van der Waals surface area contributed by atoms with E-state index in [0.717, 1.165) is 23.3 Å². The van der Waals surface area contributed by atoms with Crippen LogP contribution in [-0.4, -0.2) is 109 Å². The van der Waals surface area contributed by atoms with Crippen LogP contribution in [0.15, 0.2) is 356 Å². The van der Waals surface area contributed by atoms with Crippen LogP contribution in [0.4, 0.5) is 126 Å². The molecular weight excluding hydrogens is 1800 g/mol. The van der Waals surface area contributed by atoms with Crippen LogP contribution in [0.3, 0.4) is 0 Å². The Morgan fingerprint density at radius 3 is 1.16 bits per heavy atom. The van der Waals surface area contributed by atoms with E-state index in [1.807, 2.05) is 57.2 Å². The van der Waals surface area contributed by atoms with E-state index in [9.17, 15) is 51.9 Å². The van der Waals surface area contributed by atoms with Crippen LogP contribution in [0.5, 0.6) is 11.5 Å². The fourth-order valence-corrected chi connectivity index (χ4v) is 14.9. The van der Waals surface area contributed by atoms with Crippen LogP contribution in [0.2, 0.25) is 0 Å². The molecule has 14 rings (SSSR count). The van der Waals surface area contributed by atoms with Crippen molar-refractivity contribution in [2.45, 2.75) is 73.5 Å². The van der Waals surface area contributed by atoms with E-state index in [1.165, 1.54) is 79.9 Å². The molecule has 0 saturated carbocycles. The molecule has 0 spiro atoms. The standard InChI is InChI=1S/C90H80N26O14S4/c1-7-130-82-53-78(58(5)48-80(82)116-108-66-26-22-64(23-27-66)104-106-68-30-37-73(38-31-68)132(120,121)122)94-90-99-88(98-89(100-90)93-69-32-40-75(57(4)47-69)112-113-76-41-33-70(51-83(76)133(123,124)125)109-101-61-15-10-8-11-16-61)92-44-14-43-91-87-96-85(49-59-19-39-74(55(2)45-59)111-107-65-24-20-63(21-25-65)103-105-67-28-35-72(36-29-67)131(117,118)119)95-86(97-87)50-60-46-56(3)79(54-81(60)129-6)115-114-77-42-34-71(52-84(77)134(126,127)128)110-102-62-17-12-9-13-18-62/h8-13,15-42,45-48,51-54H,7,14,43-44,49-50H2,1-6H3,(H,117,118,119)(H,120,121,122)(H,123,124,125)(H,126,127,128)(H,91,95,96,97)(H3,92,93,94,98,99,100). The van der Waals surface area contributed by atoms with Gasteiger partial charge in [0.15, 0.2) is 0 Å². The highest BCUT2D eigenvalue weighted by Crippen LogP contribution is 2.41. The van der Waals surface area contributed by atoms with Crippen molar-refractivity contribution < 1.29 is 61.4 Å². The maximum absolute atomic E-state index is 12.7. The third-order valence-electron chi connectivity index (χ3n) is 19.3.